The number of hydrogen-bond donors (Lipinski definition) is 0. The van der Waals surface area contributed by atoms with Gasteiger partial charge in [0.15, 0.2) is 5.76 Å². The number of halogens is 1. The molecule has 1 aliphatic carbocycles. The van der Waals surface area contributed by atoms with Crippen LogP contribution in [0.2, 0.25) is 0 Å². The summed E-state index contributed by atoms with van der Waals surface area (Å²) in [7, 11) is 0. The zero-order valence-corrected chi connectivity index (χ0v) is 18.9. The molecule has 178 valence electrons. The maximum atomic E-state index is 13.3. The number of carbonyl (C=O) groups is 3. The standard InChI is InChI=1S/C24H30FN3O5/c1-2-32-24(31)27-13-11-26(12-14-27)22(29)16-28-19-5-3-4-6-20(19)33-21(23(28)30)15-17-7-9-18(25)10-8-17/h7-10,15,19-20H,2-6,11-14,16H2,1H3/b21-15+. The Morgan fingerprint density at radius 3 is 2.45 bits per heavy atom. The van der Waals surface area contributed by atoms with Gasteiger partial charge in [0.2, 0.25) is 5.91 Å². The van der Waals surface area contributed by atoms with Crippen LogP contribution in [0.5, 0.6) is 0 Å². The van der Waals surface area contributed by atoms with E-state index < -0.39 is 0 Å². The Balaban J connectivity index is 1.45. The van der Waals surface area contributed by atoms with Crippen molar-refractivity contribution < 1.29 is 28.2 Å². The highest BCUT2D eigenvalue weighted by Gasteiger charge is 2.42. The van der Waals surface area contributed by atoms with Crippen LogP contribution < -0.4 is 0 Å². The van der Waals surface area contributed by atoms with E-state index in [2.05, 4.69) is 0 Å². The summed E-state index contributed by atoms with van der Waals surface area (Å²) in [5, 5.41) is 0. The van der Waals surface area contributed by atoms with Gasteiger partial charge in [-0.3, -0.25) is 9.59 Å². The highest BCUT2D eigenvalue weighted by molar-refractivity contribution is 5.98. The second-order valence-corrected chi connectivity index (χ2v) is 8.57. The fourth-order valence-corrected chi connectivity index (χ4v) is 4.67. The van der Waals surface area contributed by atoms with Crippen LogP contribution in [-0.2, 0) is 19.1 Å². The third-order valence-electron chi connectivity index (χ3n) is 6.45. The van der Waals surface area contributed by atoms with Crippen LogP contribution in [0.4, 0.5) is 9.18 Å². The SMILES string of the molecule is CCOC(=O)N1CCN(C(=O)CN2C(=O)/C(=C\c3ccc(F)cc3)OC3CCCCC32)CC1. The minimum atomic E-state index is -0.367. The van der Waals surface area contributed by atoms with Gasteiger partial charge in [0.1, 0.15) is 18.5 Å². The van der Waals surface area contributed by atoms with Crippen molar-refractivity contribution in [2.45, 2.75) is 44.8 Å². The smallest absolute Gasteiger partial charge is 0.409 e. The number of morpholine rings is 1. The van der Waals surface area contributed by atoms with Crippen molar-refractivity contribution in [2.24, 2.45) is 0 Å². The number of amides is 3. The third-order valence-corrected chi connectivity index (χ3v) is 6.45. The van der Waals surface area contributed by atoms with E-state index in [1.54, 1.807) is 39.8 Å². The number of benzene rings is 1. The zero-order valence-electron chi connectivity index (χ0n) is 18.9. The number of rotatable bonds is 4. The quantitative estimate of drug-likeness (QED) is 0.647. The maximum Gasteiger partial charge on any atom is 0.409 e. The van der Waals surface area contributed by atoms with Gasteiger partial charge in [-0.15, -0.1) is 0 Å². The molecule has 0 bridgehead atoms. The number of ether oxygens (including phenoxy) is 2. The molecule has 0 spiro atoms. The van der Waals surface area contributed by atoms with Crippen molar-refractivity contribution >= 4 is 24.0 Å². The number of piperazine rings is 1. The summed E-state index contributed by atoms with van der Waals surface area (Å²) in [6, 6.07) is 5.71. The van der Waals surface area contributed by atoms with Gasteiger partial charge in [0.25, 0.3) is 5.91 Å². The first-order valence-electron chi connectivity index (χ1n) is 11.6. The molecule has 2 saturated heterocycles. The molecule has 2 heterocycles. The Kier molecular flexibility index (Phi) is 7.15. The molecule has 0 N–H and O–H groups in total. The van der Waals surface area contributed by atoms with Crippen LogP contribution in [0.25, 0.3) is 6.08 Å². The topological polar surface area (TPSA) is 79.4 Å². The van der Waals surface area contributed by atoms with Gasteiger partial charge in [-0.2, -0.15) is 0 Å². The molecule has 3 aliphatic rings. The molecule has 2 aliphatic heterocycles. The van der Waals surface area contributed by atoms with Crippen LogP contribution in [-0.4, -0.2) is 84.1 Å². The number of fused-ring (bicyclic) bond motifs is 1. The average Bonchev–Trinajstić information content (AvgIpc) is 2.83. The Morgan fingerprint density at radius 1 is 1.09 bits per heavy atom. The summed E-state index contributed by atoms with van der Waals surface area (Å²) in [6.45, 7) is 3.67. The monoisotopic (exact) mass is 459 g/mol. The Hall–Kier alpha value is -3.10. The summed E-state index contributed by atoms with van der Waals surface area (Å²) in [6.07, 6.45) is 4.70. The number of hydrogen-bond acceptors (Lipinski definition) is 5. The molecule has 33 heavy (non-hydrogen) atoms. The summed E-state index contributed by atoms with van der Waals surface area (Å²) < 4.78 is 24.3. The van der Waals surface area contributed by atoms with Crippen LogP contribution in [0, 0.1) is 5.82 Å². The number of carbonyl (C=O) groups excluding carboxylic acids is 3. The van der Waals surface area contributed by atoms with E-state index in [0.717, 1.165) is 25.7 Å². The fourth-order valence-electron chi connectivity index (χ4n) is 4.67. The van der Waals surface area contributed by atoms with Gasteiger partial charge in [-0.05, 0) is 50.0 Å². The van der Waals surface area contributed by atoms with Gasteiger partial charge in [-0.1, -0.05) is 18.6 Å². The van der Waals surface area contributed by atoms with Crippen molar-refractivity contribution in [3.63, 3.8) is 0 Å². The molecule has 1 aromatic rings. The Bertz CT molecular complexity index is 911. The van der Waals surface area contributed by atoms with Crippen LogP contribution in [0.3, 0.4) is 0 Å². The predicted octanol–water partition coefficient (Wildman–Crippen LogP) is 2.64. The van der Waals surface area contributed by atoms with Gasteiger partial charge in [0, 0.05) is 26.2 Å². The van der Waals surface area contributed by atoms with Crippen LogP contribution in [0.15, 0.2) is 30.0 Å². The van der Waals surface area contributed by atoms with Gasteiger partial charge < -0.3 is 24.2 Å². The normalized spacial score (nSPS) is 24.4. The van der Waals surface area contributed by atoms with E-state index in [1.165, 1.54) is 12.1 Å². The minimum Gasteiger partial charge on any atom is -0.482 e. The maximum absolute atomic E-state index is 13.3. The van der Waals surface area contributed by atoms with Crippen molar-refractivity contribution in [1.82, 2.24) is 14.7 Å². The molecule has 2 atom stereocenters. The zero-order chi connectivity index (χ0) is 23.4. The summed E-state index contributed by atoms with van der Waals surface area (Å²) in [5.41, 5.74) is 0.662. The lowest BCUT2D eigenvalue weighted by Crippen LogP contribution is -2.59. The molecule has 3 amide bonds. The predicted molar refractivity (Wildman–Crippen MR) is 118 cm³/mol. The molecule has 2 unspecified atom stereocenters. The van der Waals surface area contributed by atoms with E-state index >= 15 is 0 Å². The average molecular weight is 460 g/mol. The highest BCUT2D eigenvalue weighted by atomic mass is 19.1. The molecule has 1 saturated carbocycles. The molecule has 0 aromatic heterocycles. The molecule has 9 heteroatoms. The first-order valence-corrected chi connectivity index (χ1v) is 11.6. The van der Waals surface area contributed by atoms with Crippen molar-refractivity contribution in [2.75, 3.05) is 39.3 Å². The van der Waals surface area contributed by atoms with Crippen molar-refractivity contribution in [1.29, 1.82) is 0 Å². The second-order valence-electron chi connectivity index (χ2n) is 8.57. The van der Waals surface area contributed by atoms with Gasteiger partial charge >= 0.3 is 6.09 Å². The van der Waals surface area contributed by atoms with Crippen LogP contribution in [0.1, 0.15) is 38.2 Å². The summed E-state index contributed by atoms with van der Waals surface area (Å²) in [4.78, 5) is 43.2. The van der Waals surface area contributed by atoms with Gasteiger partial charge in [0.05, 0.1) is 12.6 Å². The summed E-state index contributed by atoms with van der Waals surface area (Å²) in [5.74, 6) is -0.624. The first kappa shape index (κ1) is 23.1. The van der Waals surface area contributed by atoms with Crippen LogP contribution >= 0.6 is 0 Å². The largest absolute Gasteiger partial charge is 0.482 e. The molecular weight excluding hydrogens is 429 g/mol. The summed E-state index contributed by atoms with van der Waals surface area (Å²) >= 11 is 0. The fraction of sp³-hybridized carbons (Fsp3) is 0.542. The third kappa shape index (κ3) is 5.29. The Labute approximate surface area is 192 Å². The lowest BCUT2D eigenvalue weighted by Gasteiger charge is -2.45. The van der Waals surface area contributed by atoms with E-state index in [9.17, 15) is 18.8 Å². The van der Waals surface area contributed by atoms with Gasteiger partial charge in [-0.25, -0.2) is 9.18 Å². The van der Waals surface area contributed by atoms with E-state index in [1.807, 2.05) is 0 Å². The molecule has 4 rings (SSSR count). The lowest BCUT2D eigenvalue weighted by molar-refractivity contribution is -0.154. The Morgan fingerprint density at radius 2 is 1.76 bits per heavy atom. The molecule has 1 aromatic carbocycles. The lowest BCUT2D eigenvalue weighted by atomic mass is 9.89. The highest BCUT2D eigenvalue weighted by Crippen LogP contribution is 2.33. The van der Waals surface area contributed by atoms with E-state index in [4.69, 9.17) is 9.47 Å². The van der Waals surface area contributed by atoms with Crippen molar-refractivity contribution in [3.05, 3.63) is 41.4 Å². The second kappa shape index (κ2) is 10.2. The molecule has 3 fully saturated rings. The first-order chi connectivity index (χ1) is 16.0. The minimum absolute atomic E-state index is 0.0243. The van der Waals surface area contributed by atoms with E-state index in [-0.39, 0.29) is 48.2 Å². The van der Waals surface area contributed by atoms with E-state index in [0.29, 0.717) is 38.3 Å². The molecular formula is C24H30FN3O5. The van der Waals surface area contributed by atoms with Crippen molar-refractivity contribution in [3.8, 4) is 0 Å². The molecule has 0 radical (unpaired) electrons. The number of nitrogens with zero attached hydrogens (tertiary/aromatic N) is 3. The molecule has 8 nitrogen and oxygen atoms in total.